The number of hydrogen-bond acceptors (Lipinski definition) is 4. The fraction of sp³-hybridized carbons (Fsp3) is 0.250. The van der Waals surface area contributed by atoms with Gasteiger partial charge in [-0.05, 0) is 0 Å². The number of aliphatic hydroxyl groups is 2. The zero-order valence-corrected chi connectivity index (χ0v) is 4.29. The zero-order chi connectivity index (χ0) is 6.57. The second-order valence-electron chi connectivity index (χ2n) is 1.01. The molecule has 0 aliphatic heterocycles. The quantitative estimate of drug-likeness (QED) is 0.291. The summed E-state index contributed by atoms with van der Waals surface area (Å²) in [6.45, 7) is 0. The first kappa shape index (κ1) is 6.81. The van der Waals surface area contributed by atoms with E-state index in [9.17, 15) is 4.79 Å². The minimum absolute atomic E-state index is 0.270. The van der Waals surface area contributed by atoms with Gasteiger partial charge < -0.3 is 14.9 Å². The Bertz CT molecular complexity index is 115. The Labute approximate surface area is 46.0 Å². The molecule has 0 amide bonds. The van der Waals surface area contributed by atoms with E-state index in [0.717, 1.165) is 7.11 Å². The van der Waals surface area contributed by atoms with Crippen LogP contribution < -0.4 is 0 Å². The molecule has 4 nitrogen and oxygen atoms in total. The van der Waals surface area contributed by atoms with Gasteiger partial charge in [0.1, 0.15) is 6.26 Å². The molecule has 8 heavy (non-hydrogen) atoms. The molecule has 0 radical (unpaired) electrons. The first-order chi connectivity index (χ1) is 3.72. The number of ether oxygens (including phenoxy) is 1. The van der Waals surface area contributed by atoms with Gasteiger partial charge in [-0.15, -0.1) is 0 Å². The summed E-state index contributed by atoms with van der Waals surface area (Å²) in [4.78, 5) is 10.0. The number of rotatable bonds is 1. The van der Waals surface area contributed by atoms with Crippen molar-refractivity contribution in [2.75, 3.05) is 7.11 Å². The van der Waals surface area contributed by atoms with E-state index >= 15 is 0 Å². The molecule has 0 saturated carbocycles. The summed E-state index contributed by atoms with van der Waals surface area (Å²) in [5.74, 6) is -1.75. The average Bonchev–Trinajstić information content (AvgIpc) is 1.84. The first-order valence-electron chi connectivity index (χ1n) is 1.84. The molecular formula is C4H6O4. The molecule has 0 aromatic rings. The normalized spacial score (nSPS) is 10.9. The molecule has 4 heteroatoms. The van der Waals surface area contributed by atoms with Crippen LogP contribution >= 0.6 is 0 Å². The molecule has 0 heterocycles. The van der Waals surface area contributed by atoms with Crippen LogP contribution in [0.4, 0.5) is 0 Å². The van der Waals surface area contributed by atoms with Crippen LogP contribution in [0.5, 0.6) is 0 Å². The molecule has 0 saturated heterocycles. The highest BCUT2D eigenvalue weighted by molar-refractivity contribution is 5.85. The predicted molar refractivity (Wildman–Crippen MR) is 25.4 cm³/mol. The van der Waals surface area contributed by atoms with E-state index in [2.05, 4.69) is 4.74 Å². The first-order valence-corrected chi connectivity index (χ1v) is 1.84. The molecule has 2 N–H and O–H groups in total. The van der Waals surface area contributed by atoms with Crippen LogP contribution in [-0.4, -0.2) is 23.3 Å². The third kappa shape index (κ3) is 1.51. The number of aliphatic hydroxyl groups excluding tert-OH is 2. The zero-order valence-electron chi connectivity index (χ0n) is 4.29. The van der Waals surface area contributed by atoms with E-state index in [1.165, 1.54) is 0 Å². The van der Waals surface area contributed by atoms with Crippen LogP contribution in [0, 0.1) is 0 Å². The van der Waals surface area contributed by atoms with Crippen LogP contribution in [0.25, 0.3) is 0 Å². The maximum absolute atomic E-state index is 10.0. The van der Waals surface area contributed by atoms with Crippen LogP contribution in [-0.2, 0) is 9.53 Å². The number of methoxy groups -OCH3 is 1. The number of esters is 1. The Morgan fingerprint density at radius 2 is 2.25 bits per heavy atom. The molecular weight excluding hydrogens is 112 g/mol. The fourth-order valence-corrected chi connectivity index (χ4v) is 0.157. The molecule has 0 fully saturated rings. The van der Waals surface area contributed by atoms with Crippen molar-refractivity contribution in [1.82, 2.24) is 0 Å². The lowest BCUT2D eigenvalue weighted by atomic mass is 10.6. The minimum Gasteiger partial charge on any atom is -0.511 e. The van der Waals surface area contributed by atoms with E-state index in [-0.39, 0.29) is 6.26 Å². The Morgan fingerprint density at radius 1 is 1.75 bits per heavy atom. The van der Waals surface area contributed by atoms with Gasteiger partial charge in [0.05, 0.1) is 7.11 Å². The van der Waals surface area contributed by atoms with Gasteiger partial charge >= 0.3 is 5.97 Å². The third-order valence-corrected chi connectivity index (χ3v) is 0.517. The van der Waals surface area contributed by atoms with Gasteiger partial charge in [0, 0.05) is 0 Å². The van der Waals surface area contributed by atoms with E-state index in [4.69, 9.17) is 10.2 Å². The van der Waals surface area contributed by atoms with E-state index in [1.54, 1.807) is 0 Å². The van der Waals surface area contributed by atoms with Gasteiger partial charge in [0.25, 0.3) is 0 Å². The Kier molecular flexibility index (Phi) is 2.47. The average molecular weight is 118 g/mol. The highest BCUT2D eigenvalue weighted by atomic mass is 16.5. The summed E-state index contributed by atoms with van der Waals surface area (Å²) in [5, 5.41) is 16.2. The van der Waals surface area contributed by atoms with Crippen LogP contribution in [0.2, 0.25) is 0 Å². The van der Waals surface area contributed by atoms with E-state index in [1.807, 2.05) is 0 Å². The number of hydrogen-bond donors (Lipinski definition) is 2. The summed E-state index contributed by atoms with van der Waals surface area (Å²) in [5.41, 5.74) is 0. The topological polar surface area (TPSA) is 66.8 Å². The van der Waals surface area contributed by atoms with Gasteiger partial charge in [-0.2, -0.15) is 0 Å². The summed E-state index contributed by atoms with van der Waals surface area (Å²) in [6.07, 6.45) is 0.270. The fourth-order valence-electron chi connectivity index (χ4n) is 0.157. The van der Waals surface area contributed by atoms with Crippen molar-refractivity contribution in [1.29, 1.82) is 0 Å². The standard InChI is InChI=1S/C4H6O4/c1-8-4(7)3(6)2-5/h2,5-6H,1H3. The van der Waals surface area contributed by atoms with Crippen molar-refractivity contribution in [2.24, 2.45) is 0 Å². The molecule has 46 valence electrons. The molecule has 0 unspecified atom stereocenters. The van der Waals surface area contributed by atoms with Crippen LogP contribution in [0.3, 0.4) is 0 Å². The van der Waals surface area contributed by atoms with Crippen LogP contribution in [0.1, 0.15) is 0 Å². The molecule has 0 spiro atoms. The van der Waals surface area contributed by atoms with E-state index in [0.29, 0.717) is 0 Å². The van der Waals surface area contributed by atoms with Gasteiger partial charge in [0.15, 0.2) is 0 Å². The lowest BCUT2D eigenvalue weighted by Gasteiger charge is -1.91. The van der Waals surface area contributed by atoms with Crippen molar-refractivity contribution >= 4 is 5.97 Å². The van der Waals surface area contributed by atoms with Crippen molar-refractivity contribution < 1.29 is 19.7 Å². The molecule has 0 atom stereocenters. The highest BCUT2D eigenvalue weighted by Crippen LogP contribution is 1.86. The second kappa shape index (κ2) is 2.90. The molecule has 0 aliphatic carbocycles. The maximum Gasteiger partial charge on any atom is 0.376 e. The molecule has 0 aromatic heterocycles. The van der Waals surface area contributed by atoms with Crippen molar-refractivity contribution in [3.63, 3.8) is 0 Å². The summed E-state index contributed by atoms with van der Waals surface area (Å²) < 4.78 is 3.99. The number of carbonyl (C=O) groups excluding carboxylic acids is 1. The van der Waals surface area contributed by atoms with Crippen LogP contribution in [0.15, 0.2) is 12.0 Å². The third-order valence-electron chi connectivity index (χ3n) is 0.517. The van der Waals surface area contributed by atoms with E-state index < -0.39 is 11.7 Å². The molecule has 0 rings (SSSR count). The summed E-state index contributed by atoms with van der Waals surface area (Å²) in [7, 11) is 1.10. The van der Waals surface area contributed by atoms with Gasteiger partial charge in [-0.1, -0.05) is 0 Å². The van der Waals surface area contributed by atoms with Gasteiger partial charge in [0.2, 0.25) is 5.76 Å². The Balaban J connectivity index is 3.83. The summed E-state index contributed by atoms with van der Waals surface area (Å²) in [6, 6.07) is 0. The monoisotopic (exact) mass is 118 g/mol. The van der Waals surface area contributed by atoms with Crippen molar-refractivity contribution in [2.45, 2.75) is 0 Å². The summed E-state index contributed by atoms with van der Waals surface area (Å²) >= 11 is 0. The van der Waals surface area contributed by atoms with Gasteiger partial charge in [-0.3, -0.25) is 0 Å². The highest BCUT2D eigenvalue weighted by Gasteiger charge is 2.04. The minimum atomic E-state index is -0.951. The SMILES string of the molecule is COC(=O)C(O)=CO. The largest absolute Gasteiger partial charge is 0.511 e. The number of carbonyl (C=O) groups is 1. The molecule has 0 aromatic carbocycles. The smallest absolute Gasteiger partial charge is 0.376 e. The lowest BCUT2D eigenvalue weighted by Crippen LogP contribution is -2.03. The Morgan fingerprint density at radius 3 is 2.38 bits per heavy atom. The Hall–Kier alpha value is -1.19. The van der Waals surface area contributed by atoms with Gasteiger partial charge in [-0.25, -0.2) is 4.79 Å². The second-order valence-corrected chi connectivity index (χ2v) is 1.01. The molecule has 0 aliphatic rings. The predicted octanol–water partition coefficient (Wildman–Crippen LogP) is 0.117. The maximum atomic E-state index is 10.0. The van der Waals surface area contributed by atoms with Crippen molar-refractivity contribution in [3.8, 4) is 0 Å². The lowest BCUT2D eigenvalue weighted by molar-refractivity contribution is -0.139. The molecule has 0 bridgehead atoms. The van der Waals surface area contributed by atoms with Crippen molar-refractivity contribution in [3.05, 3.63) is 12.0 Å².